The molecule has 1 rings (SSSR count). The minimum absolute atomic E-state index is 0.567. The summed E-state index contributed by atoms with van der Waals surface area (Å²) >= 11 is 0. The van der Waals surface area contributed by atoms with Crippen molar-refractivity contribution in [2.75, 3.05) is 46.2 Å². The molecule has 0 aromatic heterocycles. The van der Waals surface area contributed by atoms with Crippen molar-refractivity contribution in [3.63, 3.8) is 0 Å². The maximum atomic E-state index is 5.75. The van der Waals surface area contributed by atoms with E-state index in [9.17, 15) is 0 Å². The van der Waals surface area contributed by atoms with Crippen LogP contribution < -0.4 is 4.74 Å². The number of hydrogen-bond donors (Lipinski definition) is 0. The van der Waals surface area contributed by atoms with E-state index in [1.807, 2.05) is 0 Å². The van der Waals surface area contributed by atoms with Gasteiger partial charge >= 0.3 is 0 Å². The monoisotopic (exact) mass is 422 g/mol. The van der Waals surface area contributed by atoms with Gasteiger partial charge in [-0.15, -0.1) is 0 Å². The number of hydrogen-bond acceptors (Lipinski definition) is 4. The van der Waals surface area contributed by atoms with Crippen LogP contribution in [0.25, 0.3) is 0 Å². The van der Waals surface area contributed by atoms with Gasteiger partial charge in [0.1, 0.15) is 12.4 Å². The number of aryl methyl sites for hydroxylation is 1. The molecular formula is C26H46O4. The van der Waals surface area contributed by atoms with E-state index >= 15 is 0 Å². The molecule has 0 heterocycles. The molecule has 0 amide bonds. The molecule has 0 unspecified atom stereocenters. The molecule has 0 radical (unpaired) electrons. The van der Waals surface area contributed by atoms with Crippen molar-refractivity contribution < 1.29 is 18.9 Å². The molecular weight excluding hydrogens is 376 g/mol. The first-order valence-electron chi connectivity index (χ1n) is 12.3. The minimum atomic E-state index is 0.567. The van der Waals surface area contributed by atoms with Crippen LogP contribution in [0.2, 0.25) is 0 Å². The second-order valence-electron chi connectivity index (χ2n) is 7.91. The first-order chi connectivity index (χ1) is 14.9. The fraction of sp³-hybridized carbons (Fsp3) is 0.769. The molecule has 0 aliphatic carbocycles. The topological polar surface area (TPSA) is 36.9 Å². The van der Waals surface area contributed by atoms with E-state index in [1.165, 1.54) is 69.8 Å². The third-order valence-electron chi connectivity index (χ3n) is 5.13. The van der Waals surface area contributed by atoms with Gasteiger partial charge in [0.2, 0.25) is 0 Å². The highest BCUT2D eigenvalue weighted by atomic mass is 16.6. The Morgan fingerprint density at radius 2 is 1.00 bits per heavy atom. The average molecular weight is 423 g/mol. The van der Waals surface area contributed by atoms with Crippen molar-refractivity contribution in [1.82, 2.24) is 0 Å². The van der Waals surface area contributed by atoms with Crippen molar-refractivity contribution in [3.8, 4) is 5.75 Å². The predicted octanol–water partition coefficient (Wildman–Crippen LogP) is 6.60. The zero-order chi connectivity index (χ0) is 21.5. The highest BCUT2D eigenvalue weighted by molar-refractivity contribution is 5.27. The summed E-state index contributed by atoms with van der Waals surface area (Å²) in [4.78, 5) is 0. The summed E-state index contributed by atoms with van der Waals surface area (Å²) in [5.74, 6) is 0.915. The maximum Gasteiger partial charge on any atom is 0.119 e. The smallest absolute Gasteiger partial charge is 0.119 e. The van der Waals surface area contributed by atoms with Crippen LogP contribution in [0.4, 0.5) is 0 Å². The van der Waals surface area contributed by atoms with Crippen LogP contribution in [0.15, 0.2) is 24.3 Å². The molecule has 0 aliphatic rings. The zero-order valence-corrected chi connectivity index (χ0v) is 19.7. The standard InChI is InChI=1S/C26H46O4/c1-3-5-7-8-9-10-11-13-25-14-16-26(17-15-25)30-24-23-29-22-21-28-20-19-27-18-12-6-4-2/h14-17H,3-13,18-24H2,1-2H3. The van der Waals surface area contributed by atoms with Crippen LogP contribution in [-0.4, -0.2) is 46.2 Å². The Morgan fingerprint density at radius 1 is 0.500 bits per heavy atom. The lowest BCUT2D eigenvalue weighted by Crippen LogP contribution is -2.13. The number of ether oxygens (including phenoxy) is 4. The molecule has 174 valence electrons. The Kier molecular flexibility index (Phi) is 19.0. The Morgan fingerprint density at radius 3 is 1.63 bits per heavy atom. The molecule has 0 atom stereocenters. The second kappa shape index (κ2) is 21.1. The van der Waals surface area contributed by atoms with Gasteiger partial charge in [-0.3, -0.25) is 0 Å². The quantitative estimate of drug-likeness (QED) is 0.197. The first-order valence-corrected chi connectivity index (χ1v) is 12.3. The third-order valence-corrected chi connectivity index (χ3v) is 5.13. The highest BCUT2D eigenvalue weighted by Crippen LogP contribution is 2.15. The molecule has 30 heavy (non-hydrogen) atoms. The van der Waals surface area contributed by atoms with Crippen LogP contribution in [0.5, 0.6) is 5.75 Å². The average Bonchev–Trinajstić information content (AvgIpc) is 2.77. The van der Waals surface area contributed by atoms with Crippen LogP contribution in [0, 0.1) is 0 Å². The van der Waals surface area contributed by atoms with E-state index in [0.717, 1.165) is 18.8 Å². The van der Waals surface area contributed by atoms with Crippen molar-refractivity contribution in [3.05, 3.63) is 29.8 Å². The van der Waals surface area contributed by atoms with E-state index in [2.05, 4.69) is 38.1 Å². The van der Waals surface area contributed by atoms with Gasteiger partial charge in [-0.25, -0.2) is 0 Å². The van der Waals surface area contributed by atoms with E-state index in [4.69, 9.17) is 18.9 Å². The summed E-state index contributed by atoms with van der Waals surface area (Å²) in [7, 11) is 0. The summed E-state index contributed by atoms with van der Waals surface area (Å²) in [6.45, 7) is 8.95. The molecule has 0 saturated heterocycles. The molecule has 0 N–H and O–H groups in total. The zero-order valence-electron chi connectivity index (χ0n) is 19.7. The molecule has 0 spiro atoms. The summed E-state index contributed by atoms with van der Waals surface area (Å²) in [6, 6.07) is 8.51. The van der Waals surface area contributed by atoms with E-state index in [0.29, 0.717) is 39.6 Å². The molecule has 4 nitrogen and oxygen atoms in total. The lowest BCUT2D eigenvalue weighted by molar-refractivity contribution is 0.00882. The second-order valence-corrected chi connectivity index (χ2v) is 7.91. The summed E-state index contributed by atoms with van der Waals surface area (Å²) in [6.07, 6.45) is 14.3. The Balaban J connectivity index is 1.89. The number of benzene rings is 1. The molecule has 0 aliphatic heterocycles. The van der Waals surface area contributed by atoms with Crippen molar-refractivity contribution >= 4 is 0 Å². The molecule has 0 fully saturated rings. The maximum absolute atomic E-state index is 5.75. The van der Waals surface area contributed by atoms with Crippen molar-refractivity contribution in [1.29, 1.82) is 0 Å². The summed E-state index contributed by atoms with van der Waals surface area (Å²) < 4.78 is 22.3. The lowest BCUT2D eigenvalue weighted by Gasteiger charge is -2.09. The molecule has 0 bridgehead atoms. The van der Waals surface area contributed by atoms with E-state index in [1.54, 1.807) is 0 Å². The highest BCUT2D eigenvalue weighted by Gasteiger charge is 1.98. The van der Waals surface area contributed by atoms with Gasteiger partial charge in [0.25, 0.3) is 0 Å². The number of rotatable bonds is 22. The Hall–Kier alpha value is -1.10. The van der Waals surface area contributed by atoms with Gasteiger partial charge in [-0.2, -0.15) is 0 Å². The molecule has 0 saturated carbocycles. The van der Waals surface area contributed by atoms with Crippen LogP contribution in [0.3, 0.4) is 0 Å². The molecule has 4 heteroatoms. The van der Waals surface area contributed by atoms with Gasteiger partial charge in [-0.1, -0.05) is 77.3 Å². The predicted molar refractivity (Wildman–Crippen MR) is 126 cm³/mol. The fourth-order valence-corrected chi connectivity index (χ4v) is 3.25. The third kappa shape index (κ3) is 16.7. The lowest BCUT2D eigenvalue weighted by atomic mass is 10.0. The van der Waals surface area contributed by atoms with Gasteiger partial charge in [0, 0.05) is 6.61 Å². The fourth-order valence-electron chi connectivity index (χ4n) is 3.25. The summed E-state index contributed by atoms with van der Waals surface area (Å²) in [5, 5.41) is 0. The normalized spacial score (nSPS) is 11.1. The van der Waals surface area contributed by atoms with Gasteiger partial charge in [0.05, 0.1) is 33.0 Å². The molecule has 1 aromatic carbocycles. The van der Waals surface area contributed by atoms with Gasteiger partial charge in [0.15, 0.2) is 0 Å². The van der Waals surface area contributed by atoms with E-state index in [-0.39, 0.29) is 0 Å². The van der Waals surface area contributed by atoms with Crippen LogP contribution >= 0.6 is 0 Å². The van der Waals surface area contributed by atoms with Crippen molar-refractivity contribution in [2.45, 2.75) is 84.5 Å². The van der Waals surface area contributed by atoms with Gasteiger partial charge < -0.3 is 18.9 Å². The Bertz CT molecular complexity index is 461. The van der Waals surface area contributed by atoms with Crippen molar-refractivity contribution in [2.24, 2.45) is 0 Å². The minimum Gasteiger partial charge on any atom is -0.491 e. The van der Waals surface area contributed by atoms with E-state index < -0.39 is 0 Å². The van der Waals surface area contributed by atoms with Crippen LogP contribution in [0.1, 0.15) is 83.6 Å². The first kappa shape index (κ1) is 26.9. The summed E-state index contributed by atoms with van der Waals surface area (Å²) in [5.41, 5.74) is 1.40. The Labute approximate surface area is 185 Å². The SMILES string of the molecule is CCCCCCCCCc1ccc(OCCOCCOCCOCCCCC)cc1. The largest absolute Gasteiger partial charge is 0.491 e. The van der Waals surface area contributed by atoms with Gasteiger partial charge in [-0.05, 0) is 37.0 Å². The molecule has 1 aromatic rings. The van der Waals surface area contributed by atoms with Crippen LogP contribution in [-0.2, 0) is 20.6 Å². The number of unbranched alkanes of at least 4 members (excludes halogenated alkanes) is 8.